The summed E-state index contributed by atoms with van der Waals surface area (Å²) in [5.74, 6) is 1.49. The van der Waals surface area contributed by atoms with Crippen molar-refractivity contribution in [3.8, 4) is 5.75 Å². The van der Waals surface area contributed by atoms with E-state index in [1.54, 1.807) is 0 Å². The Bertz CT molecular complexity index is 766. The second-order valence-corrected chi connectivity index (χ2v) is 9.49. The minimum absolute atomic E-state index is 0.197. The van der Waals surface area contributed by atoms with Gasteiger partial charge in [0.15, 0.2) is 0 Å². The molecule has 30 heavy (non-hydrogen) atoms. The predicted molar refractivity (Wildman–Crippen MR) is 125 cm³/mol. The summed E-state index contributed by atoms with van der Waals surface area (Å²) in [6.07, 6.45) is 3.89. The molecule has 1 fully saturated rings. The topological polar surface area (TPSA) is 30.5 Å². The van der Waals surface area contributed by atoms with Crippen LogP contribution < -0.4 is 10.1 Å². The second kappa shape index (κ2) is 10.5. The Morgan fingerprint density at radius 1 is 1.03 bits per heavy atom. The normalized spacial score (nSPS) is 21.9. The van der Waals surface area contributed by atoms with Gasteiger partial charge in [-0.3, -0.25) is 0 Å². The van der Waals surface area contributed by atoms with E-state index in [2.05, 4.69) is 88.5 Å². The van der Waals surface area contributed by atoms with E-state index in [9.17, 15) is 0 Å². The number of nitrogens with one attached hydrogen (secondary N) is 1. The van der Waals surface area contributed by atoms with E-state index in [1.165, 1.54) is 16.7 Å². The molecule has 2 aromatic carbocycles. The van der Waals surface area contributed by atoms with Gasteiger partial charge in [0.25, 0.3) is 0 Å². The standard InChI is InChI=1S/C27H39NO2/c1-20(2)26-18-27(15-17-29-26,24-10-6-22(5)7-11-24)14-16-28-19-23-8-12-25(13-9-23)30-21(3)4/h6-13,20-21,26,28H,14-19H2,1-5H3/t26-,27+/m1/s1. The highest BCUT2D eigenvalue weighted by molar-refractivity contribution is 5.30. The van der Waals surface area contributed by atoms with E-state index in [-0.39, 0.29) is 11.5 Å². The predicted octanol–water partition coefficient (Wildman–Crippen LogP) is 6.03. The molecule has 1 aliphatic heterocycles. The maximum Gasteiger partial charge on any atom is 0.119 e. The number of hydrogen-bond donors (Lipinski definition) is 1. The monoisotopic (exact) mass is 409 g/mol. The molecule has 3 heteroatoms. The SMILES string of the molecule is Cc1ccc([C@@]2(CCNCc3ccc(OC(C)C)cc3)CCO[C@@H](C(C)C)C2)cc1. The first-order valence-electron chi connectivity index (χ1n) is 11.5. The van der Waals surface area contributed by atoms with Gasteiger partial charge in [-0.1, -0.05) is 55.8 Å². The van der Waals surface area contributed by atoms with Crippen molar-refractivity contribution in [2.75, 3.05) is 13.2 Å². The molecule has 1 aliphatic rings. The average Bonchev–Trinajstić information content (AvgIpc) is 2.72. The molecule has 0 saturated carbocycles. The van der Waals surface area contributed by atoms with Crippen molar-refractivity contribution < 1.29 is 9.47 Å². The highest BCUT2D eigenvalue weighted by atomic mass is 16.5. The van der Waals surface area contributed by atoms with E-state index < -0.39 is 0 Å². The molecular weight excluding hydrogens is 370 g/mol. The molecule has 0 spiro atoms. The summed E-state index contributed by atoms with van der Waals surface area (Å²) in [6.45, 7) is 13.6. The first-order valence-corrected chi connectivity index (χ1v) is 11.5. The summed E-state index contributed by atoms with van der Waals surface area (Å²) in [5, 5.41) is 3.68. The average molecular weight is 410 g/mol. The van der Waals surface area contributed by atoms with Crippen molar-refractivity contribution in [2.45, 2.75) is 78.0 Å². The van der Waals surface area contributed by atoms with Crippen LogP contribution in [0.15, 0.2) is 48.5 Å². The Morgan fingerprint density at radius 2 is 1.73 bits per heavy atom. The van der Waals surface area contributed by atoms with Crippen molar-refractivity contribution in [1.29, 1.82) is 0 Å². The third-order valence-electron chi connectivity index (χ3n) is 6.32. The fourth-order valence-electron chi connectivity index (χ4n) is 4.44. The Balaban J connectivity index is 1.62. The maximum absolute atomic E-state index is 6.12. The lowest BCUT2D eigenvalue weighted by atomic mass is 9.68. The molecule has 0 bridgehead atoms. The van der Waals surface area contributed by atoms with Crippen molar-refractivity contribution in [3.05, 3.63) is 65.2 Å². The van der Waals surface area contributed by atoms with Crippen molar-refractivity contribution in [2.24, 2.45) is 5.92 Å². The molecule has 0 unspecified atom stereocenters. The van der Waals surface area contributed by atoms with Crippen LogP contribution in [0.1, 0.15) is 63.6 Å². The minimum Gasteiger partial charge on any atom is -0.491 e. The van der Waals surface area contributed by atoms with Crippen LogP contribution in [0, 0.1) is 12.8 Å². The molecule has 2 aromatic rings. The van der Waals surface area contributed by atoms with Gasteiger partial charge in [0, 0.05) is 18.6 Å². The van der Waals surface area contributed by atoms with Crippen LogP contribution >= 0.6 is 0 Å². The molecule has 0 aliphatic carbocycles. The van der Waals surface area contributed by atoms with E-state index in [0.29, 0.717) is 12.0 Å². The van der Waals surface area contributed by atoms with Crippen LogP contribution in [0.3, 0.4) is 0 Å². The molecule has 164 valence electrons. The molecule has 0 amide bonds. The van der Waals surface area contributed by atoms with Gasteiger partial charge in [0.05, 0.1) is 12.2 Å². The third-order valence-corrected chi connectivity index (χ3v) is 6.32. The summed E-state index contributed by atoms with van der Waals surface area (Å²) in [6, 6.07) is 17.6. The van der Waals surface area contributed by atoms with Crippen LogP contribution in [0.5, 0.6) is 5.75 Å². The van der Waals surface area contributed by atoms with Crippen LogP contribution in [0.25, 0.3) is 0 Å². The van der Waals surface area contributed by atoms with Crippen molar-refractivity contribution >= 4 is 0 Å². The molecule has 1 N–H and O–H groups in total. The van der Waals surface area contributed by atoms with Crippen LogP contribution in [0.2, 0.25) is 0 Å². The van der Waals surface area contributed by atoms with Crippen molar-refractivity contribution in [1.82, 2.24) is 5.32 Å². The molecule has 1 saturated heterocycles. The molecule has 0 radical (unpaired) electrons. The largest absolute Gasteiger partial charge is 0.491 e. The Hall–Kier alpha value is -1.84. The van der Waals surface area contributed by atoms with Gasteiger partial charge in [-0.15, -0.1) is 0 Å². The van der Waals surface area contributed by atoms with Gasteiger partial charge in [-0.05, 0) is 75.8 Å². The van der Waals surface area contributed by atoms with Gasteiger partial charge in [-0.25, -0.2) is 0 Å². The summed E-state index contributed by atoms with van der Waals surface area (Å²) < 4.78 is 11.9. The lowest BCUT2D eigenvalue weighted by molar-refractivity contribution is -0.0469. The Labute approximate surface area is 183 Å². The smallest absolute Gasteiger partial charge is 0.119 e. The second-order valence-electron chi connectivity index (χ2n) is 9.49. The summed E-state index contributed by atoms with van der Waals surface area (Å²) >= 11 is 0. The number of rotatable bonds is 9. The minimum atomic E-state index is 0.197. The third kappa shape index (κ3) is 6.09. The summed E-state index contributed by atoms with van der Waals surface area (Å²) in [7, 11) is 0. The van der Waals surface area contributed by atoms with Crippen molar-refractivity contribution in [3.63, 3.8) is 0 Å². The van der Waals surface area contributed by atoms with Gasteiger partial charge >= 0.3 is 0 Å². The summed E-state index contributed by atoms with van der Waals surface area (Å²) in [4.78, 5) is 0. The highest BCUT2D eigenvalue weighted by Gasteiger charge is 2.39. The van der Waals surface area contributed by atoms with E-state index in [0.717, 1.165) is 44.7 Å². The first kappa shape index (κ1) is 22.8. The van der Waals surface area contributed by atoms with E-state index in [4.69, 9.17) is 9.47 Å². The number of benzene rings is 2. The zero-order chi connectivity index (χ0) is 21.6. The van der Waals surface area contributed by atoms with E-state index >= 15 is 0 Å². The fourth-order valence-corrected chi connectivity index (χ4v) is 4.44. The number of hydrogen-bond acceptors (Lipinski definition) is 3. The lowest BCUT2D eigenvalue weighted by Gasteiger charge is -2.43. The van der Waals surface area contributed by atoms with Gasteiger partial charge in [-0.2, -0.15) is 0 Å². The lowest BCUT2D eigenvalue weighted by Crippen LogP contribution is -2.42. The summed E-state index contributed by atoms with van der Waals surface area (Å²) in [5.41, 5.74) is 4.29. The first-order chi connectivity index (χ1) is 14.4. The van der Waals surface area contributed by atoms with Gasteiger partial charge < -0.3 is 14.8 Å². The molecule has 1 heterocycles. The fraction of sp³-hybridized carbons (Fsp3) is 0.556. The highest BCUT2D eigenvalue weighted by Crippen LogP contribution is 2.41. The molecule has 2 atom stereocenters. The maximum atomic E-state index is 6.12. The molecular formula is C27H39NO2. The zero-order valence-corrected chi connectivity index (χ0v) is 19.4. The molecule has 3 rings (SSSR count). The zero-order valence-electron chi connectivity index (χ0n) is 19.4. The van der Waals surface area contributed by atoms with Crippen LogP contribution in [-0.2, 0) is 16.7 Å². The van der Waals surface area contributed by atoms with Crippen LogP contribution in [-0.4, -0.2) is 25.4 Å². The van der Waals surface area contributed by atoms with E-state index in [1.807, 2.05) is 0 Å². The Morgan fingerprint density at radius 3 is 2.37 bits per heavy atom. The molecule has 3 nitrogen and oxygen atoms in total. The number of aryl methyl sites for hydroxylation is 1. The van der Waals surface area contributed by atoms with Crippen LogP contribution in [0.4, 0.5) is 0 Å². The van der Waals surface area contributed by atoms with Gasteiger partial charge in [0.2, 0.25) is 0 Å². The quantitative estimate of drug-likeness (QED) is 0.513. The Kier molecular flexibility index (Phi) is 7.96. The number of ether oxygens (including phenoxy) is 2. The van der Waals surface area contributed by atoms with Gasteiger partial charge in [0.1, 0.15) is 5.75 Å². The molecule has 0 aromatic heterocycles.